The summed E-state index contributed by atoms with van der Waals surface area (Å²) in [5.41, 5.74) is 5.73. The number of aromatic amines is 1. The van der Waals surface area contributed by atoms with E-state index in [4.69, 9.17) is 5.73 Å². The van der Waals surface area contributed by atoms with Crippen LogP contribution < -0.4 is 5.73 Å². The number of hydrogen-bond donors (Lipinski definition) is 4. The van der Waals surface area contributed by atoms with Crippen LogP contribution in [0.4, 0.5) is 0 Å². The van der Waals surface area contributed by atoms with E-state index >= 15 is 0 Å². The van der Waals surface area contributed by atoms with Crippen molar-refractivity contribution < 1.29 is 10.2 Å². The molecule has 1 heterocycles. The molecular formula is C7H13N3O2. The van der Waals surface area contributed by atoms with Crippen molar-refractivity contribution in [3.63, 3.8) is 0 Å². The van der Waals surface area contributed by atoms with Crippen molar-refractivity contribution >= 4 is 0 Å². The van der Waals surface area contributed by atoms with Gasteiger partial charge in [-0.25, -0.2) is 0 Å². The molecule has 68 valence electrons. The van der Waals surface area contributed by atoms with Gasteiger partial charge in [0.1, 0.15) is 6.10 Å². The third kappa shape index (κ3) is 2.04. The fourth-order valence-corrected chi connectivity index (χ4v) is 0.967. The van der Waals surface area contributed by atoms with Crippen LogP contribution in [0.15, 0.2) is 12.3 Å². The number of rotatable bonds is 4. The van der Waals surface area contributed by atoms with Crippen LogP contribution in [0.5, 0.6) is 0 Å². The third-order valence-corrected chi connectivity index (χ3v) is 1.67. The van der Waals surface area contributed by atoms with Crippen LogP contribution in [0, 0.1) is 0 Å². The number of nitrogens with one attached hydrogen (secondary N) is 1. The highest BCUT2D eigenvalue weighted by atomic mass is 16.3. The topological polar surface area (TPSA) is 95.2 Å². The minimum Gasteiger partial charge on any atom is -0.390 e. The predicted molar refractivity (Wildman–Crippen MR) is 43.2 cm³/mol. The van der Waals surface area contributed by atoms with E-state index in [0.717, 1.165) is 0 Å². The molecular weight excluding hydrogens is 158 g/mol. The Morgan fingerprint density at radius 2 is 2.33 bits per heavy atom. The molecule has 0 aliphatic rings. The highest BCUT2D eigenvalue weighted by Crippen LogP contribution is 2.15. The van der Waals surface area contributed by atoms with Crippen LogP contribution in [-0.4, -0.2) is 33.1 Å². The molecule has 0 fully saturated rings. The van der Waals surface area contributed by atoms with Gasteiger partial charge in [-0.15, -0.1) is 0 Å². The van der Waals surface area contributed by atoms with Gasteiger partial charge in [0.2, 0.25) is 0 Å². The predicted octanol–water partition coefficient (Wildman–Crippen LogP) is -0.847. The molecule has 2 atom stereocenters. The molecule has 1 aromatic heterocycles. The van der Waals surface area contributed by atoms with E-state index in [0.29, 0.717) is 18.7 Å². The van der Waals surface area contributed by atoms with Gasteiger partial charge in [-0.1, -0.05) is 0 Å². The van der Waals surface area contributed by atoms with Crippen molar-refractivity contribution in [2.75, 3.05) is 6.54 Å². The normalized spacial score (nSPS) is 15.9. The Kier molecular flexibility index (Phi) is 3.21. The molecule has 0 aliphatic heterocycles. The summed E-state index contributed by atoms with van der Waals surface area (Å²) in [6, 6.07) is 1.62. The van der Waals surface area contributed by atoms with Crippen molar-refractivity contribution in [1.82, 2.24) is 10.2 Å². The highest BCUT2D eigenvalue weighted by Gasteiger charge is 2.18. The summed E-state index contributed by atoms with van der Waals surface area (Å²) in [4.78, 5) is 0. The first-order valence-electron chi connectivity index (χ1n) is 3.81. The Hall–Kier alpha value is -0.910. The van der Waals surface area contributed by atoms with Gasteiger partial charge in [-0.3, -0.25) is 5.10 Å². The van der Waals surface area contributed by atoms with Crippen molar-refractivity contribution in [3.05, 3.63) is 18.0 Å². The minimum atomic E-state index is -0.920. The van der Waals surface area contributed by atoms with Crippen molar-refractivity contribution in [3.8, 4) is 0 Å². The maximum Gasteiger partial charge on any atom is 0.121 e. The fraction of sp³-hybridized carbons (Fsp3) is 0.571. The van der Waals surface area contributed by atoms with Crippen molar-refractivity contribution in [2.45, 2.75) is 18.6 Å². The molecule has 12 heavy (non-hydrogen) atoms. The van der Waals surface area contributed by atoms with Gasteiger partial charge in [0.25, 0.3) is 0 Å². The zero-order valence-corrected chi connectivity index (χ0v) is 6.64. The van der Waals surface area contributed by atoms with Crippen LogP contribution in [-0.2, 0) is 0 Å². The summed E-state index contributed by atoms with van der Waals surface area (Å²) in [6.07, 6.45) is 0.153. The number of H-pyrrole nitrogens is 1. The first kappa shape index (κ1) is 9.18. The second-order valence-electron chi connectivity index (χ2n) is 2.60. The molecule has 0 amide bonds. The monoisotopic (exact) mass is 171 g/mol. The van der Waals surface area contributed by atoms with E-state index in [9.17, 15) is 10.2 Å². The summed E-state index contributed by atoms with van der Waals surface area (Å²) in [6.45, 7) is 0.354. The Balaban J connectivity index is 2.53. The van der Waals surface area contributed by atoms with E-state index < -0.39 is 12.2 Å². The summed E-state index contributed by atoms with van der Waals surface area (Å²) in [5.74, 6) is 0. The quantitative estimate of drug-likeness (QED) is 0.474. The van der Waals surface area contributed by atoms with Crippen LogP contribution >= 0.6 is 0 Å². The zero-order chi connectivity index (χ0) is 8.97. The van der Waals surface area contributed by atoms with Gasteiger partial charge in [-0.05, 0) is 19.0 Å². The van der Waals surface area contributed by atoms with Crippen LogP contribution in [0.1, 0.15) is 18.2 Å². The van der Waals surface area contributed by atoms with Crippen LogP contribution in [0.2, 0.25) is 0 Å². The van der Waals surface area contributed by atoms with E-state index in [1.54, 1.807) is 6.07 Å². The van der Waals surface area contributed by atoms with Crippen molar-refractivity contribution in [1.29, 1.82) is 0 Å². The minimum absolute atomic E-state index is 0.354. The molecule has 5 N–H and O–H groups in total. The Morgan fingerprint density at radius 3 is 2.83 bits per heavy atom. The van der Waals surface area contributed by atoms with Crippen LogP contribution in [0.3, 0.4) is 0 Å². The van der Waals surface area contributed by atoms with E-state index in [2.05, 4.69) is 10.2 Å². The van der Waals surface area contributed by atoms with E-state index in [1.165, 1.54) is 6.20 Å². The summed E-state index contributed by atoms with van der Waals surface area (Å²) >= 11 is 0. The molecule has 0 aromatic carbocycles. The molecule has 5 heteroatoms. The number of nitrogens with zero attached hydrogens (tertiary/aromatic N) is 1. The average Bonchev–Trinajstić information content (AvgIpc) is 2.55. The summed E-state index contributed by atoms with van der Waals surface area (Å²) in [7, 11) is 0. The summed E-state index contributed by atoms with van der Waals surface area (Å²) < 4.78 is 0. The van der Waals surface area contributed by atoms with E-state index in [-0.39, 0.29) is 0 Å². The second-order valence-corrected chi connectivity index (χ2v) is 2.60. The van der Waals surface area contributed by atoms with E-state index in [1.807, 2.05) is 0 Å². The smallest absolute Gasteiger partial charge is 0.121 e. The maximum atomic E-state index is 9.43. The largest absolute Gasteiger partial charge is 0.390 e. The number of hydrogen-bond acceptors (Lipinski definition) is 4. The SMILES string of the molecule is NCCC(O)C(O)c1ccn[nH]1. The molecule has 0 saturated carbocycles. The molecule has 0 aliphatic carbocycles. The molecule has 0 spiro atoms. The standard InChI is InChI=1S/C7H13N3O2/c8-3-1-6(11)7(12)5-2-4-9-10-5/h2,4,6-7,11-12H,1,3,8H2,(H,9,10). The molecule has 0 bridgehead atoms. The van der Waals surface area contributed by atoms with Gasteiger partial charge in [0.15, 0.2) is 0 Å². The van der Waals surface area contributed by atoms with Crippen molar-refractivity contribution in [2.24, 2.45) is 5.73 Å². The fourth-order valence-electron chi connectivity index (χ4n) is 0.967. The number of aromatic nitrogens is 2. The first-order valence-corrected chi connectivity index (χ1v) is 3.81. The lowest BCUT2D eigenvalue weighted by atomic mass is 10.1. The maximum absolute atomic E-state index is 9.43. The third-order valence-electron chi connectivity index (χ3n) is 1.67. The molecule has 0 radical (unpaired) electrons. The highest BCUT2D eigenvalue weighted by molar-refractivity contribution is 5.03. The lowest BCUT2D eigenvalue weighted by Crippen LogP contribution is -2.22. The van der Waals surface area contributed by atoms with Crippen LogP contribution in [0.25, 0.3) is 0 Å². The molecule has 5 nitrogen and oxygen atoms in total. The average molecular weight is 171 g/mol. The van der Waals surface area contributed by atoms with Gasteiger partial charge >= 0.3 is 0 Å². The molecule has 1 rings (SSSR count). The number of aliphatic hydroxyl groups is 2. The molecule has 2 unspecified atom stereocenters. The lowest BCUT2D eigenvalue weighted by Gasteiger charge is -2.14. The number of nitrogens with two attached hydrogens (primary N) is 1. The number of aliphatic hydroxyl groups excluding tert-OH is 2. The lowest BCUT2D eigenvalue weighted by molar-refractivity contribution is 0.0125. The Morgan fingerprint density at radius 1 is 1.58 bits per heavy atom. The first-order chi connectivity index (χ1) is 5.75. The zero-order valence-electron chi connectivity index (χ0n) is 6.64. The van der Waals surface area contributed by atoms with Gasteiger partial charge in [0.05, 0.1) is 11.8 Å². The molecule has 0 saturated heterocycles. The van der Waals surface area contributed by atoms with Gasteiger partial charge in [-0.2, -0.15) is 5.10 Å². The summed E-state index contributed by atoms with van der Waals surface area (Å²) in [5, 5.41) is 25.0. The van der Waals surface area contributed by atoms with Gasteiger partial charge < -0.3 is 15.9 Å². The second kappa shape index (κ2) is 4.20. The Bertz CT molecular complexity index is 212. The Labute approximate surface area is 70.2 Å². The molecule has 1 aromatic rings. The van der Waals surface area contributed by atoms with Gasteiger partial charge in [0, 0.05) is 6.20 Å².